The van der Waals surface area contributed by atoms with Gasteiger partial charge in [-0.25, -0.2) is 9.48 Å². The second-order valence-corrected chi connectivity index (χ2v) is 12.9. The third kappa shape index (κ3) is 8.58. The summed E-state index contributed by atoms with van der Waals surface area (Å²) in [6.07, 6.45) is 2.21. The Kier molecular flexibility index (Phi) is 10.5. The van der Waals surface area contributed by atoms with Gasteiger partial charge in [0, 0.05) is 24.7 Å². The molecule has 2 N–H and O–H groups in total. The zero-order chi connectivity index (χ0) is 32.9. The number of halogens is 3. The Labute approximate surface area is 262 Å². The molecule has 1 saturated carbocycles. The molecular weight excluding hydrogens is 589 g/mol. The molecule has 2 heterocycles. The summed E-state index contributed by atoms with van der Waals surface area (Å²) in [6, 6.07) is 5.75. The number of hydrogen-bond acceptors (Lipinski definition) is 7. The Hall–Kier alpha value is -4.03. The molecule has 0 unspecified atom stereocenters. The molecule has 4 rings (SSSR count). The number of carbonyl (C=O) groups excluding carboxylic acids is 3. The Bertz CT molecular complexity index is 1380. The molecule has 2 aliphatic rings. The van der Waals surface area contributed by atoms with Gasteiger partial charge in [0.2, 0.25) is 5.78 Å². The monoisotopic (exact) mass is 632 g/mol. The number of alkyl halides is 3. The van der Waals surface area contributed by atoms with E-state index in [4.69, 9.17) is 4.74 Å². The number of carbonyl (C=O) groups is 3. The van der Waals surface area contributed by atoms with Crippen LogP contribution < -0.4 is 10.6 Å². The molecular formula is C32H43F3N6O4. The first-order valence-corrected chi connectivity index (χ1v) is 15.4. The van der Waals surface area contributed by atoms with Gasteiger partial charge in [-0.05, 0) is 43.4 Å². The highest BCUT2D eigenvalue weighted by Crippen LogP contribution is 2.34. The van der Waals surface area contributed by atoms with Gasteiger partial charge in [-0.1, -0.05) is 52.7 Å². The summed E-state index contributed by atoms with van der Waals surface area (Å²) in [5.41, 5.74) is 0.146. The molecule has 0 spiro atoms. The van der Waals surface area contributed by atoms with Gasteiger partial charge < -0.3 is 25.2 Å². The van der Waals surface area contributed by atoms with Gasteiger partial charge in [0.15, 0.2) is 0 Å². The van der Waals surface area contributed by atoms with E-state index in [2.05, 4.69) is 15.7 Å². The zero-order valence-corrected chi connectivity index (χ0v) is 26.5. The Morgan fingerprint density at radius 2 is 1.78 bits per heavy atom. The van der Waals surface area contributed by atoms with Crippen molar-refractivity contribution in [3.63, 3.8) is 0 Å². The zero-order valence-electron chi connectivity index (χ0n) is 26.5. The molecule has 0 bridgehead atoms. The number of benzene rings is 1. The predicted octanol–water partition coefficient (Wildman–Crippen LogP) is 6.04. The lowest BCUT2D eigenvalue weighted by Crippen LogP contribution is -2.49. The van der Waals surface area contributed by atoms with Crippen LogP contribution in [0.3, 0.4) is 0 Å². The fourth-order valence-electron chi connectivity index (χ4n) is 5.25. The summed E-state index contributed by atoms with van der Waals surface area (Å²) in [7, 11) is 1.83. The molecule has 1 fully saturated rings. The van der Waals surface area contributed by atoms with Gasteiger partial charge in [-0.3, -0.25) is 9.59 Å². The summed E-state index contributed by atoms with van der Waals surface area (Å²) < 4.78 is 46.7. The van der Waals surface area contributed by atoms with Crippen molar-refractivity contribution in [2.75, 3.05) is 25.6 Å². The van der Waals surface area contributed by atoms with Crippen LogP contribution >= 0.6 is 0 Å². The second kappa shape index (κ2) is 13.9. The Morgan fingerprint density at radius 1 is 1.09 bits per heavy atom. The summed E-state index contributed by atoms with van der Waals surface area (Å²) in [5.74, 6) is -1.15. The van der Waals surface area contributed by atoms with E-state index < -0.39 is 47.1 Å². The topological polar surface area (TPSA) is 109 Å². The number of Topliss-reactive ketones (excluding diaryl/α,β-unsaturated/α-hetero) is 1. The van der Waals surface area contributed by atoms with Crippen LogP contribution in [0.15, 0.2) is 42.7 Å². The SMILES string of the molecule is CCCC[C@H](NC(=O)O[C@H](CN1C=C(c2ccc(C(F)(F)F)cc2)N(C)C1)C(C)(C)C)C(=O)C(=O)Nc1ccnn1C1CCC1. The minimum Gasteiger partial charge on any atom is -0.444 e. The summed E-state index contributed by atoms with van der Waals surface area (Å²) >= 11 is 0. The highest BCUT2D eigenvalue weighted by atomic mass is 19.4. The van der Waals surface area contributed by atoms with Gasteiger partial charge in [0.1, 0.15) is 18.0 Å². The van der Waals surface area contributed by atoms with Crippen LogP contribution in [-0.4, -0.2) is 69.8 Å². The van der Waals surface area contributed by atoms with Gasteiger partial charge >= 0.3 is 12.3 Å². The fourth-order valence-corrected chi connectivity index (χ4v) is 5.25. The van der Waals surface area contributed by atoms with Crippen molar-refractivity contribution in [3.8, 4) is 0 Å². The first-order chi connectivity index (χ1) is 21.2. The smallest absolute Gasteiger partial charge is 0.416 e. The second-order valence-electron chi connectivity index (χ2n) is 12.9. The standard InChI is InChI=1S/C32H43F3N6O4/c1-6-7-11-24(28(42)29(43)38-27-16-17-36-41(27)23-9-8-10-23)37-30(44)45-26(31(2,3)4)19-40-18-25(39(5)20-40)21-12-14-22(15-13-21)32(33,34)35/h12-18,23-24,26H,6-11,19-20H2,1-5H3,(H,37,44)(H,38,43)/t24-,26+/m0/s1. The molecule has 2 amide bonds. The van der Waals surface area contributed by atoms with Crippen LogP contribution in [0.25, 0.3) is 5.70 Å². The van der Waals surface area contributed by atoms with E-state index >= 15 is 0 Å². The van der Waals surface area contributed by atoms with Crippen molar-refractivity contribution in [2.24, 2.45) is 5.41 Å². The molecule has 1 aliphatic carbocycles. The molecule has 1 aromatic carbocycles. The van der Waals surface area contributed by atoms with E-state index in [1.54, 1.807) is 16.9 Å². The van der Waals surface area contributed by atoms with Crippen molar-refractivity contribution < 1.29 is 32.3 Å². The van der Waals surface area contributed by atoms with Crippen LogP contribution in [0.4, 0.5) is 23.8 Å². The van der Waals surface area contributed by atoms with Gasteiger partial charge in [0.05, 0.1) is 36.7 Å². The van der Waals surface area contributed by atoms with E-state index in [1.165, 1.54) is 12.1 Å². The lowest BCUT2D eigenvalue weighted by Gasteiger charge is -2.34. The van der Waals surface area contributed by atoms with Gasteiger partial charge in [-0.15, -0.1) is 0 Å². The van der Waals surface area contributed by atoms with E-state index in [9.17, 15) is 27.6 Å². The number of anilines is 1. The van der Waals surface area contributed by atoms with Crippen LogP contribution in [0.2, 0.25) is 0 Å². The molecule has 1 aliphatic heterocycles. The lowest BCUT2D eigenvalue weighted by atomic mass is 9.88. The van der Waals surface area contributed by atoms with Crippen molar-refractivity contribution in [1.29, 1.82) is 0 Å². The predicted molar refractivity (Wildman–Crippen MR) is 164 cm³/mol. The molecule has 13 heteroatoms. The summed E-state index contributed by atoms with van der Waals surface area (Å²) in [5, 5.41) is 9.57. The van der Waals surface area contributed by atoms with Gasteiger partial charge in [-0.2, -0.15) is 18.3 Å². The molecule has 0 saturated heterocycles. The Morgan fingerprint density at radius 3 is 2.36 bits per heavy atom. The number of amides is 2. The largest absolute Gasteiger partial charge is 0.444 e. The quantitative estimate of drug-likeness (QED) is 0.275. The third-order valence-corrected chi connectivity index (χ3v) is 8.24. The first kappa shape index (κ1) is 33.9. The first-order valence-electron chi connectivity index (χ1n) is 15.4. The number of ether oxygens (including phenoxy) is 1. The number of alkyl carbamates (subject to hydrolysis) is 1. The molecule has 246 valence electrons. The minimum absolute atomic E-state index is 0.194. The number of nitrogens with one attached hydrogen (secondary N) is 2. The van der Waals surface area contributed by atoms with Crippen molar-refractivity contribution in [2.45, 2.75) is 90.6 Å². The van der Waals surface area contributed by atoms with Crippen molar-refractivity contribution >= 4 is 29.3 Å². The molecule has 2 atom stereocenters. The number of nitrogens with zero attached hydrogens (tertiary/aromatic N) is 4. The third-order valence-electron chi connectivity index (χ3n) is 8.24. The highest BCUT2D eigenvalue weighted by molar-refractivity contribution is 6.42. The van der Waals surface area contributed by atoms with Crippen molar-refractivity contribution in [3.05, 3.63) is 53.9 Å². The van der Waals surface area contributed by atoms with Crippen LogP contribution in [-0.2, 0) is 20.5 Å². The minimum atomic E-state index is -4.42. The highest BCUT2D eigenvalue weighted by Gasteiger charge is 2.35. The molecule has 10 nitrogen and oxygen atoms in total. The van der Waals surface area contributed by atoms with E-state index in [0.717, 1.165) is 43.5 Å². The van der Waals surface area contributed by atoms with E-state index in [0.29, 0.717) is 31.0 Å². The van der Waals surface area contributed by atoms with E-state index in [1.807, 2.05) is 50.7 Å². The number of unbranched alkanes of at least 4 members (excludes halogenated alkanes) is 1. The maximum Gasteiger partial charge on any atom is 0.416 e. The van der Waals surface area contributed by atoms with E-state index in [-0.39, 0.29) is 12.5 Å². The number of ketones is 1. The maximum absolute atomic E-state index is 13.2. The normalized spacial score (nSPS) is 16.9. The molecule has 45 heavy (non-hydrogen) atoms. The van der Waals surface area contributed by atoms with Crippen LogP contribution in [0, 0.1) is 5.41 Å². The summed E-state index contributed by atoms with van der Waals surface area (Å²) in [6.45, 7) is 8.44. The van der Waals surface area contributed by atoms with Crippen molar-refractivity contribution in [1.82, 2.24) is 24.9 Å². The van der Waals surface area contributed by atoms with Crippen LogP contribution in [0.1, 0.15) is 83.4 Å². The number of rotatable bonds is 12. The van der Waals surface area contributed by atoms with Gasteiger partial charge in [0.25, 0.3) is 5.91 Å². The number of aromatic nitrogens is 2. The fraction of sp³-hybridized carbons (Fsp3) is 0.562. The average molecular weight is 633 g/mol. The summed E-state index contributed by atoms with van der Waals surface area (Å²) in [4.78, 5) is 43.2. The van der Waals surface area contributed by atoms with Crippen LogP contribution in [0.5, 0.6) is 0 Å². The molecule has 2 aromatic rings. The maximum atomic E-state index is 13.2. The average Bonchev–Trinajstić information content (AvgIpc) is 3.54. The Balaban J connectivity index is 1.41. The molecule has 1 aromatic heterocycles. The number of hydrogen-bond donors (Lipinski definition) is 2. The molecule has 0 radical (unpaired) electrons. The lowest BCUT2D eigenvalue weighted by molar-refractivity contribution is -0.137.